The molecule has 0 unspecified atom stereocenters. The summed E-state index contributed by atoms with van der Waals surface area (Å²) in [7, 11) is 0. The molecule has 1 aromatic heterocycles. The highest BCUT2D eigenvalue weighted by Gasteiger charge is 2.36. The molecule has 0 aliphatic carbocycles. The van der Waals surface area contributed by atoms with Crippen LogP contribution in [0.5, 0.6) is 0 Å². The lowest BCUT2D eigenvalue weighted by atomic mass is 9.74. The van der Waals surface area contributed by atoms with E-state index in [1.807, 2.05) is 0 Å². The standard InChI is InChI=1S/C59H43N3/c1-59(2)54-23-13-14-24-57(54)62-56-34-29-45(42-25-30-48(31-26-42)60(46-19-5-3-6-20-46)47-21-7-4-8-22-47)37-52(56)53-38-51(39-55(59)58(53)62)61(49-32-27-40-15-9-11-17-43(40)35-49)50-33-28-41-16-10-12-18-44(41)36-50/h3-39H,1-2H3. The van der Waals surface area contributed by atoms with E-state index < -0.39 is 0 Å². The van der Waals surface area contributed by atoms with Gasteiger partial charge in [0.15, 0.2) is 0 Å². The van der Waals surface area contributed by atoms with Crippen molar-refractivity contribution in [1.29, 1.82) is 0 Å². The van der Waals surface area contributed by atoms with Gasteiger partial charge in [0.05, 0.1) is 16.7 Å². The third-order valence-corrected chi connectivity index (χ3v) is 13.1. The van der Waals surface area contributed by atoms with Crippen molar-refractivity contribution in [2.75, 3.05) is 9.80 Å². The number of hydrogen-bond donors (Lipinski definition) is 0. The van der Waals surface area contributed by atoms with Crippen molar-refractivity contribution in [3.05, 3.63) is 236 Å². The van der Waals surface area contributed by atoms with Gasteiger partial charge in [-0.1, -0.05) is 147 Å². The van der Waals surface area contributed by atoms with Crippen molar-refractivity contribution in [1.82, 2.24) is 4.57 Å². The molecular weight excluding hydrogens is 751 g/mol. The van der Waals surface area contributed by atoms with Gasteiger partial charge in [-0.05, 0) is 135 Å². The summed E-state index contributed by atoms with van der Waals surface area (Å²) in [6.07, 6.45) is 0. The van der Waals surface area contributed by atoms with Crippen molar-refractivity contribution in [3.63, 3.8) is 0 Å². The number of para-hydroxylation sites is 3. The number of rotatable bonds is 7. The van der Waals surface area contributed by atoms with Crippen LogP contribution in [0.4, 0.5) is 34.1 Å². The van der Waals surface area contributed by atoms with E-state index in [4.69, 9.17) is 0 Å². The minimum Gasteiger partial charge on any atom is -0.311 e. The van der Waals surface area contributed by atoms with Crippen LogP contribution in [-0.4, -0.2) is 4.57 Å². The second-order valence-corrected chi connectivity index (χ2v) is 17.1. The number of hydrogen-bond acceptors (Lipinski definition) is 2. The van der Waals surface area contributed by atoms with Gasteiger partial charge in [-0.25, -0.2) is 0 Å². The van der Waals surface area contributed by atoms with Gasteiger partial charge in [-0.15, -0.1) is 0 Å². The van der Waals surface area contributed by atoms with Crippen molar-refractivity contribution in [2.45, 2.75) is 19.3 Å². The van der Waals surface area contributed by atoms with Crippen molar-refractivity contribution in [2.24, 2.45) is 0 Å². The Morgan fingerprint density at radius 2 is 0.839 bits per heavy atom. The van der Waals surface area contributed by atoms with Gasteiger partial charge < -0.3 is 14.4 Å². The molecule has 62 heavy (non-hydrogen) atoms. The monoisotopic (exact) mass is 793 g/mol. The Labute approximate surface area is 362 Å². The van der Waals surface area contributed by atoms with Gasteiger partial charge in [0.25, 0.3) is 0 Å². The summed E-state index contributed by atoms with van der Waals surface area (Å²) in [5.74, 6) is 0. The fraction of sp³-hybridized carbons (Fsp3) is 0.0508. The Kier molecular flexibility index (Phi) is 8.20. The second kappa shape index (κ2) is 14.1. The van der Waals surface area contributed by atoms with Crippen LogP contribution in [0.25, 0.3) is 60.2 Å². The maximum atomic E-state index is 2.52. The van der Waals surface area contributed by atoms with Crippen molar-refractivity contribution >= 4 is 77.5 Å². The third-order valence-electron chi connectivity index (χ3n) is 13.1. The summed E-state index contributed by atoms with van der Waals surface area (Å²) in [5, 5.41) is 7.39. The van der Waals surface area contributed by atoms with Crippen LogP contribution in [-0.2, 0) is 5.41 Å². The Hall–Kier alpha value is -7.88. The molecule has 3 heteroatoms. The molecule has 0 bridgehead atoms. The van der Waals surface area contributed by atoms with E-state index in [2.05, 4.69) is 253 Å². The van der Waals surface area contributed by atoms with Gasteiger partial charge in [0.2, 0.25) is 0 Å². The van der Waals surface area contributed by atoms with Crippen LogP contribution in [0.15, 0.2) is 224 Å². The highest BCUT2D eigenvalue weighted by Crippen LogP contribution is 2.51. The molecule has 2 heterocycles. The fourth-order valence-corrected chi connectivity index (χ4v) is 9.99. The van der Waals surface area contributed by atoms with Crippen LogP contribution in [0, 0.1) is 0 Å². The van der Waals surface area contributed by atoms with Gasteiger partial charge in [-0.2, -0.15) is 0 Å². The molecule has 1 aliphatic heterocycles. The zero-order valence-electron chi connectivity index (χ0n) is 34.7. The molecule has 0 spiro atoms. The van der Waals surface area contributed by atoms with Crippen molar-refractivity contribution < 1.29 is 0 Å². The maximum absolute atomic E-state index is 2.52. The van der Waals surface area contributed by atoms with Gasteiger partial charge in [-0.3, -0.25) is 0 Å². The predicted octanol–water partition coefficient (Wildman–Crippen LogP) is 16.3. The molecule has 1 aliphatic rings. The van der Waals surface area contributed by atoms with E-state index in [9.17, 15) is 0 Å². The summed E-state index contributed by atoms with van der Waals surface area (Å²) in [6, 6.07) is 82.2. The predicted molar refractivity (Wildman–Crippen MR) is 263 cm³/mol. The minimum atomic E-state index is -0.254. The Morgan fingerprint density at radius 1 is 0.339 bits per heavy atom. The second-order valence-electron chi connectivity index (χ2n) is 17.1. The largest absolute Gasteiger partial charge is 0.311 e. The molecule has 0 radical (unpaired) electrons. The first kappa shape index (κ1) is 36.0. The zero-order chi connectivity index (χ0) is 41.4. The Balaban J connectivity index is 1.07. The van der Waals surface area contributed by atoms with Gasteiger partial charge >= 0.3 is 0 Å². The number of nitrogens with zero attached hydrogens (tertiary/aromatic N) is 3. The topological polar surface area (TPSA) is 11.4 Å². The molecule has 294 valence electrons. The molecule has 10 aromatic carbocycles. The number of anilines is 6. The summed E-state index contributed by atoms with van der Waals surface area (Å²) >= 11 is 0. The van der Waals surface area contributed by atoms with Gasteiger partial charge in [0.1, 0.15) is 0 Å². The van der Waals surface area contributed by atoms with E-state index in [0.717, 1.165) is 34.1 Å². The molecule has 0 saturated heterocycles. The Bertz CT molecular complexity index is 3370. The van der Waals surface area contributed by atoms with E-state index in [0.29, 0.717) is 0 Å². The van der Waals surface area contributed by atoms with E-state index in [1.165, 1.54) is 71.3 Å². The van der Waals surface area contributed by atoms with Crippen LogP contribution in [0.1, 0.15) is 25.0 Å². The number of benzene rings is 10. The lowest BCUT2D eigenvalue weighted by Gasteiger charge is -2.36. The quantitative estimate of drug-likeness (QED) is 0.159. The first-order valence-corrected chi connectivity index (χ1v) is 21.5. The first-order valence-electron chi connectivity index (χ1n) is 21.5. The lowest BCUT2D eigenvalue weighted by Crippen LogP contribution is -2.26. The number of aromatic nitrogens is 1. The molecular formula is C59H43N3. The van der Waals surface area contributed by atoms with Gasteiger partial charge in [0, 0.05) is 50.3 Å². The molecule has 11 aromatic rings. The normalized spacial score (nSPS) is 12.8. The highest BCUT2D eigenvalue weighted by atomic mass is 15.1. The van der Waals surface area contributed by atoms with E-state index >= 15 is 0 Å². The molecule has 12 rings (SSSR count). The van der Waals surface area contributed by atoms with E-state index in [-0.39, 0.29) is 5.41 Å². The molecule has 3 nitrogen and oxygen atoms in total. The average molecular weight is 794 g/mol. The van der Waals surface area contributed by atoms with Crippen LogP contribution in [0.3, 0.4) is 0 Å². The summed E-state index contributed by atoms with van der Waals surface area (Å²) < 4.78 is 2.52. The first-order chi connectivity index (χ1) is 30.5. The molecule has 0 atom stereocenters. The minimum absolute atomic E-state index is 0.254. The third kappa shape index (κ3) is 5.73. The van der Waals surface area contributed by atoms with Crippen LogP contribution < -0.4 is 9.80 Å². The zero-order valence-corrected chi connectivity index (χ0v) is 34.7. The fourth-order valence-electron chi connectivity index (χ4n) is 9.99. The van der Waals surface area contributed by atoms with Crippen LogP contribution >= 0.6 is 0 Å². The molecule has 0 saturated carbocycles. The van der Waals surface area contributed by atoms with Crippen molar-refractivity contribution in [3.8, 4) is 16.8 Å². The summed E-state index contributed by atoms with van der Waals surface area (Å²) in [6.45, 7) is 4.78. The SMILES string of the molecule is CC1(C)c2ccccc2-n2c3ccc(-c4ccc(N(c5ccccc5)c5ccccc5)cc4)cc3c3cc(N(c4ccc5ccccc5c4)c4ccc5ccccc5c4)cc1c32. The maximum Gasteiger partial charge on any atom is 0.0583 e. The average Bonchev–Trinajstić information content (AvgIpc) is 3.65. The molecule has 0 N–H and O–H groups in total. The Morgan fingerprint density at radius 3 is 1.47 bits per heavy atom. The summed E-state index contributed by atoms with van der Waals surface area (Å²) in [4.78, 5) is 4.78. The lowest BCUT2D eigenvalue weighted by molar-refractivity contribution is 0.630. The summed E-state index contributed by atoms with van der Waals surface area (Å²) in [5.41, 5.74) is 15.3. The number of fused-ring (bicyclic) bond motifs is 7. The smallest absolute Gasteiger partial charge is 0.0583 e. The highest BCUT2D eigenvalue weighted by molar-refractivity contribution is 6.14. The molecule has 0 amide bonds. The van der Waals surface area contributed by atoms with Crippen LogP contribution in [0.2, 0.25) is 0 Å². The molecule has 0 fully saturated rings. The van der Waals surface area contributed by atoms with E-state index in [1.54, 1.807) is 0 Å².